The number of nitrogens with one attached hydrogen (secondary N) is 3. The highest BCUT2D eigenvalue weighted by Crippen LogP contribution is 2.27. The Morgan fingerprint density at radius 2 is 2.03 bits per heavy atom. The quantitative estimate of drug-likeness (QED) is 0.296. The number of piperazine rings is 1. The average molecular weight is 535 g/mol. The van der Waals surface area contributed by atoms with Crippen molar-refractivity contribution in [1.29, 1.82) is 0 Å². The third-order valence-electron chi connectivity index (χ3n) is 7.51. The van der Waals surface area contributed by atoms with E-state index in [1.807, 2.05) is 47.3 Å². The molecule has 4 heterocycles. The smallest absolute Gasteiger partial charge is 0.241 e. The Labute approximate surface area is 225 Å². The van der Waals surface area contributed by atoms with Gasteiger partial charge in [0, 0.05) is 60.9 Å². The standard InChI is InChI=1S/C26H31ClN10O/c1-35-6-8-36(9-7-35)14-17-2-4-18(11-21(17)27)30-26(38)23-12-19(13-29-23)37-15-24(32-34-37)16-3-5-20-22(10-16)31-33-25(20)28/h2-5,10-11,15,19,23,29H,6-9,12-14H2,1H3,(H,30,38)(H3,28,31,33)/t19-,23-/m0/s1. The largest absolute Gasteiger partial charge is 0.382 e. The molecule has 6 rings (SSSR count). The van der Waals surface area contributed by atoms with Crippen LogP contribution in [0.25, 0.3) is 22.2 Å². The molecule has 4 aromatic rings. The first-order valence-electron chi connectivity index (χ1n) is 12.8. The van der Waals surface area contributed by atoms with Gasteiger partial charge in [-0.25, -0.2) is 4.68 Å². The molecular weight excluding hydrogens is 504 g/mol. The molecule has 0 radical (unpaired) electrons. The van der Waals surface area contributed by atoms with Crippen LogP contribution in [-0.4, -0.2) is 86.7 Å². The van der Waals surface area contributed by atoms with Gasteiger partial charge in [0.2, 0.25) is 5.91 Å². The number of hydrogen-bond donors (Lipinski definition) is 4. The highest BCUT2D eigenvalue weighted by Gasteiger charge is 2.31. The maximum absolute atomic E-state index is 13.0. The molecule has 5 N–H and O–H groups in total. The van der Waals surface area contributed by atoms with Gasteiger partial charge in [-0.05, 0) is 43.3 Å². The number of amides is 1. The number of fused-ring (bicyclic) bond motifs is 1. The molecule has 0 spiro atoms. The molecule has 0 unspecified atom stereocenters. The van der Waals surface area contributed by atoms with Gasteiger partial charge in [0.25, 0.3) is 0 Å². The molecule has 198 valence electrons. The molecule has 38 heavy (non-hydrogen) atoms. The van der Waals surface area contributed by atoms with Gasteiger partial charge >= 0.3 is 0 Å². The SMILES string of the molecule is CN1CCN(Cc2ccc(NC(=O)[C@@H]3C[C@H](n4cc(-c5ccc6c(N)n[nH]c6c5)nn4)CN3)cc2Cl)CC1. The van der Waals surface area contributed by atoms with Crippen LogP contribution in [0.1, 0.15) is 18.0 Å². The number of carbonyl (C=O) groups is 1. The first kappa shape index (κ1) is 24.8. The fraction of sp³-hybridized carbons (Fsp3) is 0.385. The number of aromatic amines is 1. The normalized spacial score (nSPS) is 20.8. The van der Waals surface area contributed by atoms with Crippen LogP contribution in [-0.2, 0) is 11.3 Å². The summed E-state index contributed by atoms with van der Waals surface area (Å²) in [4.78, 5) is 17.7. The number of anilines is 2. The minimum absolute atomic E-state index is 0.0214. The maximum atomic E-state index is 13.0. The van der Waals surface area contributed by atoms with E-state index in [0.717, 1.165) is 60.4 Å². The van der Waals surface area contributed by atoms with Crippen molar-refractivity contribution >= 4 is 39.9 Å². The number of rotatable bonds is 6. The van der Waals surface area contributed by atoms with Crippen LogP contribution < -0.4 is 16.4 Å². The molecule has 2 aromatic heterocycles. The number of benzene rings is 2. The first-order valence-corrected chi connectivity index (χ1v) is 13.2. The van der Waals surface area contributed by atoms with Crippen molar-refractivity contribution in [2.45, 2.75) is 25.0 Å². The lowest BCUT2D eigenvalue weighted by molar-refractivity contribution is -0.117. The third-order valence-corrected chi connectivity index (χ3v) is 7.86. The number of nitrogens with two attached hydrogens (primary N) is 1. The summed E-state index contributed by atoms with van der Waals surface area (Å²) in [6.07, 6.45) is 2.52. The van der Waals surface area contributed by atoms with E-state index >= 15 is 0 Å². The van der Waals surface area contributed by atoms with Crippen LogP contribution in [0.2, 0.25) is 5.02 Å². The minimum Gasteiger partial charge on any atom is -0.382 e. The summed E-state index contributed by atoms with van der Waals surface area (Å²) in [6.45, 7) is 5.63. The monoisotopic (exact) mass is 534 g/mol. The van der Waals surface area contributed by atoms with Crippen molar-refractivity contribution in [3.8, 4) is 11.3 Å². The molecule has 2 aliphatic heterocycles. The summed E-state index contributed by atoms with van der Waals surface area (Å²) < 4.78 is 1.82. The van der Waals surface area contributed by atoms with Crippen molar-refractivity contribution in [2.75, 3.05) is 50.8 Å². The predicted octanol–water partition coefficient (Wildman–Crippen LogP) is 2.35. The Balaban J connectivity index is 1.06. The van der Waals surface area contributed by atoms with Gasteiger partial charge in [-0.1, -0.05) is 28.9 Å². The van der Waals surface area contributed by atoms with E-state index in [4.69, 9.17) is 17.3 Å². The number of nitrogens with zero attached hydrogens (tertiary/aromatic N) is 6. The molecule has 0 aliphatic carbocycles. The maximum Gasteiger partial charge on any atom is 0.241 e. The second kappa shape index (κ2) is 10.3. The number of H-pyrrole nitrogens is 1. The number of halogens is 1. The predicted molar refractivity (Wildman–Crippen MR) is 148 cm³/mol. The number of aromatic nitrogens is 5. The fourth-order valence-corrected chi connectivity index (χ4v) is 5.38. The van der Waals surface area contributed by atoms with E-state index in [2.05, 4.69) is 48.0 Å². The van der Waals surface area contributed by atoms with Crippen molar-refractivity contribution < 1.29 is 4.79 Å². The molecule has 2 aliphatic rings. The summed E-state index contributed by atoms with van der Waals surface area (Å²) in [5, 5.41) is 23.5. The van der Waals surface area contributed by atoms with Crippen molar-refractivity contribution in [2.24, 2.45) is 0 Å². The zero-order chi connectivity index (χ0) is 26.2. The number of nitrogen functional groups attached to an aromatic ring is 1. The van der Waals surface area contributed by atoms with Crippen LogP contribution in [0.3, 0.4) is 0 Å². The molecule has 2 fully saturated rings. The second-order valence-corrected chi connectivity index (χ2v) is 10.6. The van der Waals surface area contributed by atoms with Crippen LogP contribution >= 0.6 is 11.6 Å². The molecular formula is C26H31ClN10O. The van der Waals surface area contributed by atoms with Gasteiger partial charge in [0.1, 0.15) is 5.69 Å². The molecule has 2 saturated heterocycles. The molecule has 0 saturated carbocycles. The van der Waals surface area contributed by atoms with Crippen LogP contribution in [0.5, 0.6) is 0 Å². The highest BCUT2D eigenvalue weighted by atomic mass is 35.5. The molecule has 11 nitrogen and oxygen atoms in total. The zero-order valence-electron chi connectivity index (χ0n) is 21.2. The Bertz CT molecular complexity index is 1460. The molecule has 2 aromatic carbocycles. The van der Waals surface area contributed by atoms with Crippen LogP contribution in [0.15, 0.2) is 42.6 Å². The van der Waals surface area contributed by atoms with E-state index in [0.29, 0.717) is 29.5 Å². The van der Waals surface area contributed by atoms with Crippen molar-refractivity contribution in [3.63, 3.8) is 0 Å². The van der Waals surface area contributed by atoms with Crippen molar-refractivity contribution in [1.82, 2.24) is 40.3 Å². The van der Waals surface area contributed by atoms with Gasteiger partial charge in [-0.2, -0.15) is 5.10 Å². The molecule has 2 atom stereocenters. The second-order valence-electron chi connectivity index (χ2n) is 10.2. The van der Waals surface area contributed by atoms with Gasteiger partial charge in [-0.3, -0.25) is 14.8 Å². The van der Waals surface area contributed by atoms with Gasteiger partial charge in [0.05, 0.1) is 23.8 Å². The third kappa shape index (κ3) is 5.10. The van der Waals surface area contributed by atoms with E-state index in [1.54, 1.807) is 0 Å². The number of hydrogen-bond acceptors (Lipinski definition) is 8. The fourth-order valence-electron chi connectivity index (χ4n) is 5.14. The Kier molecular flexibility index (Phi) is 6.75. The zero-order valence-corrected chi connectivity index (χ0v) is 21.9. The summed E-state index contributed by atoms with van der Waals surface area (Å²) in [5.74, 6) is 0.387. The topological polar surface area (TPSA) is 133 Å². The Morgan fingerprint density at radius 1 is 1.18 bits per heavy atom. The Hall–Kier alpha value is -3.51. The summed E-state index contributed by atoms with van der Waals surface area (Å²) in [7, 11) is 2.15. The number of likely N-dealkylation sites (N-methyl/N-ethyl adjacent to an activating group) is 1. The summed E-state index contributed by atoms with van der Waals surface area (Å²) in [6, 6.07) is 11.3. The molecule has 0 bridgehead atoms. The molecule has 12 heteroatoms. The minimum atomic E-state index is -0.333. The van der Waals surface area contributed by atoms with Gasteiger partial charge in [0.15, 0.2) is 5.82 Å². The van der Waals surface area contributed by atoms with E-state index in [1.165, 1.54) is 0 Å². The average Bonchev–Trinajstić information content (AvgIpc) is 3.67. The van der Waals surface area contributed by atoms with E-state index in [9.17, 15) is 4.79 Å². The summed E-state index contributed by atoms with van der Waals surface area (Å²) in [5.41, 5.74) is 10.2. The first-order chi connectivity index (χ1) is 18.4. The molecule has 1 amide bonds. The van der Waals surface area contributed by atoms with Gasteiger partial charge < -0.3 is 21.3 Å². The number of carbonyl (C=O) groups excluding carboxylic acids is 1. The van der Waals surface area contributed by atoms with Crippen LogP contribution in [0, 0.1) is 0 Å². The summed E-state index contributed by atoms with van der Waals surface area (Å²) >= 11 is 6.58. The van der Waals surface area contributed by atoms with Crippen LogP contribution in [0.4, 0.5) is 11.5 Å². The lowest BCUT2D eigenvalue weighted by Crippen LogP contribution is -2.43. The van der Waals surface area contributed by atoms with E-state index in [-0.39, 0.29) is 18.0 Å². The highest BCUT2D eigenvalue weighted by molar-refractivity contribution is 6.31. The van der Waals surface area contributed by atoms with E-state index < -0.39 is 0 Å². The lowest BCUT2D eigenvalue weighted by Gasteiger charge is -2.32. The Morgan fingerprint density at radius 3 is 2.84 bits per heavy atom. The van der Waals surface area contributed by atoms with Crippen molar-refractivity contribution in [3.05, 3.63) is 53.2 Å². The van der Waals surface area contributed by atoms with Gasteiger partial charge in [-0.15, -0.1) is 5.10 Å². The lowest BCUT2D eigenvalue weighted by atomic mass is 10.1.